The molecule has 19 heavy (non-hydrogen) atoms. The van der Waals surface area contributed by atoms with Gasteiger partial charge in [-0.25, -0.2) is 0 Å². The standard InChI is InChI=1S/C15H24N2OS/c1-11(2)9-17(10-13-5-4-8-16-13)15(18)14-7-6-12(3)19-14/h6-7,11,13,16H,4-5,8-10H2,1-3H3. The van der Waals surface area contributed by atoms with Crippen molar-refractivity contribution in [3.05, 3.63) is 21.9 Å². The molecule has 0 spiro atoms. The van der Waals surface area contributed by atoms with Gasteiger partial charge in [0.15, 0.2) is 0 Å². The molecule has 0 aromatic carbocycles. The summed E-state index contributed by atoms with van der Waals surface area (Å²) in [5.41, 5.74) is 0. The fourth-order valence-corrected chi connectivity index (χ4v) is 3.40. The number of amides is 1. The topological polar surface area (TPSA) is 32.3 Å². The van der Waals surface area contributed by atoms with E-state index in [1.165, 1.54) is 17.7 Å². The number of hydrogen-bond donors (Lipinski definition) is 1. The van der Waals surface area contributed by atoms with Crippen molar-refractivity contribution in [3.63, 3.8) is 0 Å². The van der Waals surface area contributed by atoms with Crippen LogP contribution in [0.15, 0.2) is 12.1 Å². The molecule has 1 N–H and O–H groups in total. The summed E-state index contributed by atoms with van der Waals surface area (Å²) >= 11 is 1.60. The van der Waals surface area contributed by atoms with Gasteiger partial charge in [0.25, 0.3) is 5.91 Å². The lowest BCUT2D eigenvalue weighted by Gasteiger charge is -2.27. The summed E-state index contributed by atoms with van der Waals surface area (Å²) in [5, 5.41) is 3.48. The molecule has 0 radical (unpaired) electrons. The van der Waals surface area contributed by atoms with Gasteiger partial charge >= 0.3 is 0 Å². The summed E-state index contributed by atoms with van der Waals surface area (Å²) in [6, 6.07) is 4.46. The molecule has 1 atom stereocenters. The number of carbonyl (C=O) groups is 1. The quantitative estimate of drug-likeness (QED) is 0.899. The van der Waals surface area contributed by atoms with Crippen molar-refractivity contribution in [2.24, 2.45) is 5.92 Å². The molecule has 2 heterocycles. The van der Waals surface area contributed by atoms with E-state index in [1.807, 2.05) is 24.0 Å². The van der Waals surface area contributed by atoms with Gasteiger partial charge in [-0.15, -0.1) is 11.3 Å². The van der Waals surface area contributed by atoms with Crippen LogP contribution in [-0.2, 0) is 0 Å². The minimum atomic E-state index is 0.195. The molecule has 1 aromatic heterocycles. The Labute approximate surface area is 120 Å². The maximum absolute atomic E-state index is 12.6. The molecule has 1 aliphatic rings. The van der Waals surface area contributed by atoms with Gasteiger partial charge in [0.2, 0.25) is 0 Å². The molecule has 1 fully saturated rings. The van der Waals surface area contributed by atoms with Gasteiger partial charge < -0.3 is 10.2 Å². The minimum Gasteiger partial charge on any atom is -0.336 e. The summed E-state index contributed by atoms with van der Waals surface area (Å²) in [6.45, 7) is 9.16. The second-order valence-electron chi connectivity index (χ2n) is 5.81. The van der Waals surface area contributed by atoms with Crippen molar-refractivity contribution in [1.82, 2.24) is 10.2 Å². The minimum absolute atomic E-state index is 0.195. The summed E-state index contributed by atoms with van der Waals surface area (Å²) in [6.07, 6.45) is 2.41. The first-order valence-electron chi connectivity index (χ1n) is 7.15. The van der Waals surface area contributed by atoms with Crippen molar-refractivity contribution >= 4 is 17.2 Å². The SMILES string of the molecule is Cc1ccc(C(=O)N(CC(C)C)CC2CCCN2)s1. The first kappa shape index (κ1) is 14.5. The number of aryl methyl sites for hydroxylation is 1. The third-order valence-electron chi connectivity index (χ3n) is 3.43. The molecule has 0 aliphatic carbocycles. The Hall–Kier alpha value is -0.870. The predicted octanol–water partition coefficient (Wildman–Crippen LogP) is 2.91. The molecule has 0 bridgehead atoms. The number of rotatable bonds is 5. The van der Waals surface area contributed by atoms with Gasteiger partial charge in [0, 0.05) is 24.0 Å². The van der Waals surface area contributed by atoms with Crippen LogP contribution in [0.3, 0.4) is 0 Å². The molecule has 3 nitrogen and oxygen atoms in total. The van der Waals surface area contributed by atoms with Crippen molar-refractivity contribution in [2.45, 2.75) is 39.7 Å². The van der Waals surface area contributed by atoms with Crippen molar-refractivity contribution in [2.75, 3.05) is 19.6 Å². The second-order valence-corrected chi connectivity index (χ2v) is 7.10. The highest BCUT2D eigenvalue weighted by Gasteiger charge is 2.23. The zero-order valence-electron chi connectivity index (χ0n) is 12.1. The Morgan fingerprint density at radius 2 is 2.32 bits per heavy atom. The van der Waals surface area contributed by atoms with E-state index in [9.17, 15) is 4.79 Å². The first-order chi connectivity index (χ1) is 9.06. The van der Waals surface area contributed by atoms with Crippen LogP contribution >= 0.6 is 11.3 Å². The fourth-order valence-electron chi connectivity index (χ4n) is 2.57. The second kappa shape index (κ2) is 6.53. The molecule has 1 aliphatic heterocycles. The number of carbonyl (C=O) groups excluding carboxylic acids is 1. The monoisotopic (exact) mass is 280 g/mol. The number of thiophene rings is 1. The van der Waals surface area contributed by atoms with Gasteiger partial charge in [-0.2, -0.15) is 0 Å². The zero-order chi connectivity index (χ0) is 13.8. The maximum Gasteiger partial charge on any atom is 0.263 e. The highest BCUT2D eigenvalue weighted by molar-refractivity contribution is 7.13. The fraction of sp³-hybridized carbons (Fsp3) is 0.667. The molecule has 1 unspecified atom stereocenters. The van der Waals surface area contributed by atoms with Gasteiger partial charge in [-0.05, 0) is 44.4 Å². The smallest absolute Gasteiger partial charge is 0.263 e. The Morgan fingerprint density at radius 1 is 1.53 bits per heavy atom. The molecule has 1 aromatic rings. The molecule has 1 saturated heterocycles. The molecule has 2 rings (SSSR count). The summed E-state index contributed by atoms with van der Waals surface area (Å²) < 4.78 is 0. The molecule has 106 valence electrons. The van der Waals surface area contributed by atoms with E-state index in [1.54, 1.807) is 11.3 Å². The van der Waals surface area contributed by atoms with E-state index in [0.717, 1.165) is 24.5 Å². The number of hydrogen-bond acceptors (Lipinski definition) is 3. The molecule has 4 heteroatoms. The number of nitrogens with one attached hydrogen (secondary N) is 1. The summed E-state index contributed by atoms with van der Waals surface area (Å²) in [4.78, 5) is 16.7. The Balaban J connectivity index is 2.05. The van der Waals surface area contributed by atoms with E-state index in [0.29, 0.717) is 12.0 Å². The predicted molar refractivity (Wildman–Crippen MR) is 80.8 cm³/mol. The average molecular weight is 280 g/mol. The Bertz CT molecular complexity index is 422. The van der Waals surface area contributed by atoms with E-state index in [4.69, 9.17) is 0 Å². The molecular formula is C15H24N2OS. The lowest BCUT2D eigenvalue weighted by Crippen LogP contribution is -2.42. The van der Waals surface area contributed by atoms with Crippen molar-refractivity contribution in [1.29, 1.82) is 0 Å². The maximum atomic E-state index is 12.6. The summed E-state index contributed by atoms with van der Waals surface area (Å²) in [7, 11) is 0. The number of nitrogens with zero attached hydrogens (tertiary/aromatic N) is 1. The average Bonchev–Trinajstić information content (AvgIpc) is 2.98. The van der Waals surface area contributed by atoms with Crippen LogP contribution in [0, 0.1) is 12.8 Å². The largest absolute Gasteiger partial charge is 0.336 e. The van der Waals surface area contributed by atoms with Crippen LogP contribution in [0.2, 0.25) is 0 Å². The van der Waals surface area contributed by atoms with E-state index in [-0.39, 0.29) is 5.91 Å². The zero-order valence-corrected chi connectivity index (χ0v) is 12.9. The van der Waals surface area contributed by atoms with Crippen molar-refractivity contribution < 1.29 is 4.79 Å². The molecular weight excluding hydrogens is 256 g/mol. The van der Waals surface area contributed by atoms with Gasteiger partial charge in [-0.3, -0.25) is 4.79 Å². The van der Waals surface area contributed by atoms with Crippen LogP contribution in [0.25, 0.3) is 0 Å². The lowest BCUT2D eigenvalue weighted by molar-refractivity contribution is 0.0726. The third kappa shape index (κ3) is 4.05. The van der Waals surface area contributed by atoms with Crippen LogP contribution in [0.5, 0.6) is 0 Å². The van der Waals surface area contributed by atoms with Crippen LogP contribution in [0.1, 0.15) is 41.2 Å². The Kier molecular flexibility index (Phi) is 4.99. The molecule has 1 amide bonds. The van der Waals surface area contributed by atoms with Gasteiger partial charge in [-0.1, -0.05) is 13.8 Å². The van der Waals surface area contributed by atoms with E-state index in [2.05, 4.69) is 19.2 Å². The molecule has 0 saturated carbocycles. The van der Waals surface area contributed by atoms with Crippen LogP contribution < -0.4 is 5.32 Å². The normalized spacial score (nSPS) is 19.1. The Morgan fingerprint density at radius 3 is 2.84 bits per heavy atom. The van der Waals surface area contributed by atoms with Gasteiger partial charge in [0.1, 0.15) is 0 Å². The van der Waals surface area contributed by atoms with Gasteiger partial charge in [0.05, 0.1) is 4.88 Å². The third-order valence-corrected chi connectivity index (χ3v) is 4.42. The highest BCUT2D eigenvalue weighted by Crippen LogP contribution is 2.19. The van der Waals surface area contributed by atoms with E-state index < -0.39 is 0 Å². The summed E-state index contributed by atoms with van der Waals surface area (Å²) in [5.74, 6) is 0.701. The van der Waals surface area contributed by atoms with E-state index >= 15 is 0 Å². The van der Waals surface area contributed by atoms with Crippen LogP contribution in [-0.4, -0.2) is 36.5 Å². The first-order valence-corrected chi connectivity index (χ1v) is 7.97. The van der Waals surface area contributed by atoms with Crippen LogP contribution in [0.4, 0.5) is 0 Å². The van der Waals surface area contributed by atoms with Crippen molar-refractivity contribution in [3.8, 4) is 0 Å². The lowest BCUT2D eigenvalue weighted by atomic mass is 10.1. The highest BCUT2D eigenvalue weighted by atomic mass is 32.1.